The van der Waals surface area contributed by atoms with E-state index in [9.17, 15) is 5.11 Å². The monoisotopic (exact) mass is 361 g/mol. The number of nitrogens with zero attached hydrogens (tertiary/aromatic N) is 6. The van der Waals surface area contributed by atoms with E-state index in [1.807, 2.05) is 52.1 Å². The van der Waals surface area contributed by atoms with E-state index in [1.54, 1.807) is 6.20 Å². The zero-order valence-corrected chi connectivity index (χ0v) is 14.9. The van der Waals surface area contributed by atoms with Gasteiger partial charge in [-0.05, 0) is 29.1 Å². The molecule has 136 valence electrons. The first-order chi connectivity index (χ1) is 13.2. The molecule has 2 heterocycles. The maximum Gasteiger partial charge on any atom is 0.396 e. The van der Waals surface area contributed by atoms with Crippen LogP contribution in [0, 0.1) is 0 Å². The Hall–Kier alpha value is -3.15. The van der Waals surface area contributed by atoms with Crippen LogP contribution in [0.25, 0.3) is 21.2 Å². The first kappa shape index (κ1) is 17.3. The smallest absolute Gasteiger partial charge is 0.353 e. The van der Waals surface area contributed by atoms with Crippen molar-refractivity contribution in [3.05, 3.63) is 76.9 Å². The van der Waals surface area contributed by atoms with E-state index in [2.05, 4.69) is 27.1 Å². The number of hydrogen-bond acceptors (Lipinski definition) is 4. The Morgan fingerprint density at radius 1 is 1.19 bits per heavy atom. The molecule has 0 spiro atoms. The maximum atomic E-state index is 11.8. The van der Waals surface area contributed by atoms with E-state index in [-0.39, 0.29) is 0 Å². The Morgan fingerprint density at radius 3 is 2.93 bits per heavy atom. The van der Waals surface area contributed by atoms with Crippen molar-refractivity contribution in [2.24, 2.45) is 5.11 Å². The van der Waals surface area contributed by atoms with Gasteiger partial charge in [0, 0.05) is 23.1 Å². The van der Waals surface area contributed by atoms with Crippen molar-refractivity contribution in [1.29, 1.82) is 0 Å². The molecule has 1 aromatic heterocycles. The van der Waals surface area contributed by atoms with Crippen molar-refractivity contribution in [1.82, 2.24) is 4.98 Å². The Labute approximate surface area is 157 Å². The van der Waals surface area contributed by atoms with Gasteiger partial charge in [0.15, 0.2) is 0 Å². The predicted octanol–water partition coefficient (Wildman–Crippen LogP) is 3.28. The normalized spacial score (nSPS) is 18.3. The van der Waals surface area contributed by atoms with Gasteiger partial charge in [-0.3, -0.25) is 0 Å². The number of hydrogen-bond donors (Lipinski definition) is 1. The van der Waals surface area contributed by atoms with Crippen LogP contribution in [0.5, 0.6) is 0 Å². The van der Waals surface area contributed by atoms with Crippen LogP contribution in [-0.2, 0) is 12.3 Å². The number of fused-ring (bicyclic) bond motifs is 2. The molecule has 1 atom stereocenters. The Morgan fingerprint density at radius 2 is 2.04 bits per heavy atom. The minimum Gasteiger partial charge on any atom is -0.353 e. The van der Waals surface area contributed by atoms with Crippen molar-refractivity contribution in [3.63, 3.8) is 0 Å². The van der Waals surface area contributed by atoms with Crippen LogP contribution in [0.1, 0.15) is 18.4 Å². The largest absolute Gasteiger partial charge is 0.396 e. The summed E-state index contributed by atoms with van der Waals surface area (Å²) in [6, 6.07) is 16.0. The highest BCUT2D eigenvalue weighted by Crippen LogP contribution is 2.37. The summed E-state index contributed by atoms with van der Waals surface area (Å²) in [5.74, 6) is 0.747. The topological polar surface area (TPSA) is 89.0 Å². The number of benzene rings is 2. The molecule has 3 aromatic rings. The number of anilines is 1. The molecule has 0 saturated heterocycles. The summed E-state index contributed by atoms with van der Waals surface area (Å²) in [5.41, 5.74) is 8.13. The molecule has 0 bridgehead atoms. The van der Waals surface area contributed by atoms with E-state index in [1.165, 1.54) is 0 Å². The summed E-state index contributed by atoms with van der Waals surface area (Å²) in [5, 5.41) is 17.6. The summed E-state index contributed by atoms with van der Waals surface area (Å²) < 4.78 is 1.98. The van der Waals surface area contributed by atoms with E-state index < -0.39 is 5.72 Å². The van der Waals surface area contributed by atoms with Crippen LogP contribution in [0.15, 0.2) is 66.0 Å². The highest BCUT2D eigenvalue weighted by Gasteiger charge is 2.51. The zero-order chi connectivity index (χ0) is 18.7. The van der Waals surface area contributed by atoms with Gasteiger partial charge >= 0.3 is 5.95 Å². The molecule has 27 heavy (non-hydrogen) atoms. The van der Waals surface area contributed by atoms with E-state index in [4.69, 9.17) is 5.53 Å². The lowest BCUT2D eigenvalue weighted by Crippen LogP contribution is -2.46. The van der Waals surface area contributed by atoms with Crippen LogP contribution in [0.2, 0.25) is 0 Å². The summed E-state index contributed by atoms with van der Waals surface area (Å²) in [6.45, 7) is 1.50. The third-order valence-electron chi connectivity index (χ3n) is 5.05. The van der Waals surface area contributed by atoms with Crippen LogP contribution < -0.4 is 9.47 Å². The van der Waals surface area contributed by atoms with Gasteiger partial charge in [-0.25, -0.2) is 9.47 Å². The minimum absolute atomic E-state index is 0.417. The average molecular weight is 361 g/mol. The quantitative estimate of drug-likeness (QED) is 0.240. The third kappa shape index (κ3) is 3.07. The molecule has 7 heteroatoms. The minimum atomic E-state index is -1.18. The zero-order valence-electron chi connectivity index (χ0n) is 14.9. The van der Waals surface area contributed by atoms with Crippen molar-refractivity contribution in [2.75, 3.05) is 18.0 Å². The SMILES string of the molecule is [N-]=[N+]=NCCCCN1c2nccc[n+]2CC1(O)c1cccc2ccccc12. The number of aliphatic hydroxyl groups is 1. The Balaban J connectivity index is 1.73. The number of rotatable bonds is 6. The van der Waals surface area contributed by atoms with Gasteiger partial charge in [0.25, 0.3) is 0 Å². The van der Waals surface area contributed by atoms with Crippen molar-refractivity contribution < 1.29 is 9.67 Å². The van der Waals surface area contributed by atoms with Crippen molar-refractivity contribution in [2.45, 2.75) is 25.1 Å². The Kier molecular flexibility index (Phi) is 4.62. The highest BCUT2D eigenvalue weighted by molar-refractivity contribution is 5.86. The van der Waals surface area contributed by atoms with Gasteiger partial charge < -0.3 is 5.11 Å². The molecule has 0 aliphatic carbocycles. The number of aromatic nitrogens is 2. The molecule has 7 nitrogen and oxygen atoms in total. The lowest BCUT2D eigenvalue weighted by atomic mass is 9.95. The fourth-order valence-corrected chi connectivity index (χ4v) is 3.82. The van der Waals surface area contributed by atoms with Crippen LogP contribution in [-0.4, -0.2) is 23.2 Å². The average Bonchev–Trinajstić information content (AvgIpc) is 3.00. The standard InChI is InChI=1S/C20H21N6O/c21-24-23-12-3-4-14-26-19-22-11-6-13-25(19)15-20(26,27)18-10-5-8-16-7-1-2-9-17(16)18/h1-2,5-11,13,27H,3-4,12,14-15H2/q+1. The molecule has 1 N–H and O–H groups in total. The molecule has 1 aliphatic heterocycles. The predicted molar refractivity (Wildman–Crippen MR) is 103 cm³/mol. The molecule has 4 rings (SSSR count). The second-order valence-corrected chi connectivity index (χ2v) is 6.70. The number of unbranched alkanes of at least 4 members (excludes halogenated alkanes) is 1. The van der Waals surface area contributed by atoms with Crippen LogP contribution in [0.4, 0.5) is 5.95 Å². The molecule has 1 aliphatic rings. The second kappa shape index (κ2) is 7.23. The molecule has 0 radical (unpaired) electrons. The van der Waals surface area contributed by atoms with Crippen molar-refractivity contribution >= 4 is 16.7 Å². The summed E-state index contributed by atoms with van der Waals surface area (Å²) in [6.07, 6.45) is 5.24. The van der Waals surface area contributed by atoms with Crippen molar-refractivity contribution in [3.8, 4) is 0 Å². The fourth-order valence-electron chi connectivity index (χ4n) is 3.82. The summed E-state index contributed by atoms with van der Waals surface area (Å²) in [4.78, 5) is 9.26. The second-order valence-electron chi connectivity index (χ2n) is 6.70. The van der Waals surface area contributed by atoms with Gasteiger partial charge in [-0.1, -0.05) is 52.6 Å². The van der Waals surface area contributed by atoms with Gasteiger partial charge in [0.2, 0.25) is 5.72 Å². The first-order valence-electron chi connectivity index (χ1n) is 9.07. The lowest BCUT2D eigenvalue weighted by Gasteiger charge is -2.29. The summed E-state index contributed by atoms with van der Waals surface area (Å²) in [7, 11) is 0. The molecule has 1 unspecified atom stereocenters. The van der Waals surface area contributed by atoms with Crippen LogP contribution >= 0.6 is 0 Å². The molecule has 0 amide bonds. The van der Waals surface area contributed by atoms with Gasteiger partial charge in [-0.2, -0.15) is 0 Å². The molecule has 0 saturated carbocycles. The van der Waals surface area contributed by atoms with Gasteiger partial charge in [0.05, 0.1) is 12.7 Å². The number of azide groups is 1. The maximum absolute atomic E-state index is 11.8. The highest BCUT2D eigenvalue weighted by atomic mass is 16.3. The first-order valence-corrected chi connectivity index (χ1v) is 9.07. The molecular weight excluding hydrogens is 340 g/mol. The molecule has 0 fully saturated rings. The summed E-state index contributed by atoms with van der Waals surface area (Å²) >= 11 is 0. The van der Waals surface area contributed by atoms with E-state index in [0.717, 1.165) is 35.1 Å². The van der Waals surface area contributed by atoms with E-state index >= 15 is 0 Å². The van der Waals surface area contributed by atoms with Gasteiger partial charge in [-0.15, -0.1) is 0 Å². The molecule has 2 aromatic carbocycles. The van der Waals surface area contributed by atoms with Crippen LogP contribution in [0.3, 0.4) is 0 Å². The molecular formula is C20H21N6O+. The van der Waals surface area contributed by atoms with E-state index in [0.29, 0.717) is 19.6 Å². The fraction of sp³-hybridized carbons (Fsp3) is 0.300. The lowest BCUT2D eigenvalue weighted by molar-refractivity contribution is -0.685. The van der Waals surface area contributed by atoms with Gasteiger partial charge in [0.1, 0.15) is 12.7 Å². The third-order valence-corrected chi connectivity index (χ3v) is 5.05. The Bertz CT molecular complexity index is 1010.